The van der Waals surface area contributed by atoms with Crippen LogP contribution in [0, 0.1) is 11.7 Å². The summed E-state index contributed by atoms with van der Waals surface area (Å²) in [6.07, 6.45) is 1.43. The highest BCUT2D eigenvalue weighted by atomic mass is 19.1. The molecule has 0 unspecified atom stereocenters. The van der Waals surface area contributed by atoms with Crippen molar-refractivity contribution in [1.29, 1.82) is 0 Å². The van der Waals surface area contributed by atoms with Crippen LogP contribution in [-0.2, 0) is 16.1 Å². The van der Waals surface area contributed by atoms with E-state index in [0.717, 1.165) is 43.2 Å². The third-order valence-corrected chi connectivity index (χ3v) is 6.20. The van der Waals surface area contributed by atoms with E-state index >= 15 is 0 Å². The predicted octanol–water partition coefficient (Wildman–Crippen LogP) is 3.04. The number of hydrogen-bond acceptors (Lipinski definition) is 5. The molecule has 2 fully saturated rings. The van der Waals surface area contributed by atoms with Gasteiger partial charge in [0.15, 0.2) is 0 Å². The quantitative estimate of drug-likeness (QED) is 0.571. The Labute approximate surface area is 193 Å². The minimum Gasteiger partial charge on any atom is -0.442 e. The Kier molecular flexibility index (Phi) is 7.57. The largest absolute Gasteiger partial charge is 0.442 e. The number of nitrogens with zero attached hydrogens (tertiary/aromatic N) is 1. The first kappa shape index (κ1) is 23.2. The SMILES string of the molecule is CC(=O)NC[C@H]1CN(c2ccc(-c3ccc(CNCC4CCNCC4)cc3)c(F)c2)C(=O)O1. The fraction of sp³-hybridized carbons (Fsp3) is 0.440. The van der Waals surface area contributed by atoms with E-state index in [1.165, 1.54) is 30.7 Å². The van der Waals surface area contributed by atoms with E-state index in [1.807, 2.05) is 24.3 Å². The molecule has 4 rings (SSSR count). The zero-order valence-electron chi connectivity index (χ0n) is 18.9. The monoisotopic (exact) mass is 454 g/mol. The normalized spacial score (nSPS) is 18.9. The zero-order valence-corrected chi connectivity index (χ0v) is 18.9. The fourth-order valence-corrected chi connectivity index (χ4v) is 4.31. The maximum atomic E-state index is 14.9. The van der Waals surface area contributed by atoms with E-state index in [4.69, 9.17) is 4.74 Å². The molecular weight excluding hydrogens is 423 g/mol. The third-order valence-electron chi connectivity index (χ3n) is 6.20. The van der Waals surface area contributed by atoms with E-state index in [0.29, 0.717) is 11.3 Å². The molecule has 2 aliphatic heterocycles. The van der Waals surface area contributed by atoms with Gasteiger partial charge in [0.1, 0.15) is 11.9 Å². The highest BCUT2D eigenvalue weighted by Gasteiger charge is 2.32. The van der Waals surface area contributed by atoms with Crippen molar-refractivity contribution in [3.63, 3.8) is 0 Å². The van der Waals surface area contributed by atoms with Crippen molar-refractivity contribution >= 4 is 17.7 Å². The molecule has 7 nitrogen and oxygen atoms in total. The number of nitrogens with one attached hydrogen (secondary N) is 3. The van der Waals surface area contributed by atoms with Crippen molar-refractivity contribution in [1.82, 2.24) is 16.0 Å². The molecule has 0 spiro atoms. The predicted molar refractivity (Wildman–Crippen MR) is 125 cm³/mol. The molecule has 3 N–H and O–H groups in total. The molecule has 2 aromatic carbocycles. The Morgan fingerprint density at radius 1 is 1.15 bits per heavy atom. The first-order valence-electron chi connectivity index (χ1n) is 11.5. The Morgan fingerprint density at radius 3 is 2.61 bits per heavy atom. The van der Waals surface area contributed by atoms with Crippen molar-refractivity contribution < 1.29 is 18.7 Å². The van der Waals surface area contributed by atoms with Gasteiger partial charge in [-0.25, -0.2) is 9.18 Å². The van der Waals surface area contributed by atoms with Gasteiger partial charge in [-0.3, -0.25) is 9.69 Å². The second-order valence-corrected chi connectivity index (χ2v) is 8.74. The van der Waals surface area contributed by atoms with Crippen molar-refractivity contribution in [3.8, 4) is 11.1 Å². The number of anilines is 1. The summed E-state index contributed by atoms with van der Waals surface area (Å²) in [6.45, 7) is 5.91. The third kappa shape index (κ3) is 6.09. The summed E-state index contributed by atoms with van der Waals surface area (Å²) in [6, 6.07) is 12.6. The molecule has 1 atom stereocenters. The van der Waals surface area contributed by atoms with Crippen LogP contribution >= 0.6 is 0 Å². The molecule has 0 saturated carbocycles. The average Bonchev–Trinajstić information content (AvgIpc) is 3.19. The number of amides is 2. The number of carbonyl (C=O) groups is 2. The van der Waals surface area contributed by atoms with Crippen molar-refractivity contribution in [2.45, 2.75) is 32.4 Å². The molecule has 2 heterocycles. The lowest BCUT2D eigenvalue weighted by Crippen LogP contribution is -2.33. The topological polar surface area (TPSA) is 82.7 Å². The molecule has 0 aromatic heterocycles. The Bertz CT molecular complexity index is 976. The second-order valence-electron chi connectivity index (χ2n) is 8.74. The smallest absolute Gasteiger partial charge is 0.414 e. The molecule has 0 radical (unpaired) electrons. The first-order chi connectivity index (χ1) is 16.0. The van der Waals surface area contributed by atoms with Crippen molar-refractivity contribution in [3.05, 3.63) is 53.8 Å². The minimum absolute atomic E-state index is 0.191. The van der Waals surface area contributed by atoms with Crippen LogP contribution in [-0.4, -0.2) is 50.8 Å². The van der Waals surface area contributed by atoms with Gasteiger partial charge in [0, 0.05) is 19.0 Å². The van der Waals surface area contributed by atoms with Gasteiger partial charge in [0.2, 0.25) is 5.91 Å². The molecular formula is C25H31FN4O3. The van der Waals surface area contributed by atoms with Gasteiger partial charge in [0.05, 0.1) is 18.8 Å². The zero-order chi connectivity index (χ0) is 23.2. The lowest BCUT2D eigenvalue weighted by Gasteiger charge is -2.22. The number of piperidine rings is 1. The molecule has 8 heteroatoms. The van der Waals surface area contributed by atoms with Crippen LogP contribution in [0.3, 0.4) is 0 Å². The van der Waals surface area contributed by atoms with Crippen LogP contribution < -0.4 is 20.9 Å². The maximum Gasteiger partial charge on any atom is 0.414 e. The number of ether oxygens (including phenoxy) is 1. The van der Waals surface area contributed by atoms with Gasteiger partial charge in [-0.1, -0.05) is 24.3 Å². The van der Waals surface area contributed by atoms with Gasteiger partial charge in [0.25, 0.3) is 0 Å². The van der Waals surface area contributed by atoms with Crippen LogP contribution in [0.15, 0.2) is 42.5 Å². The summed E-state index contributed by atoms with van der Waals surface area (Å²) >= 11 is 0. The average molecular weight is 455 g/mol. The first-order valence-corrected chi connectivity index (χ1v) is 11.5. The summed E-state index contributed by atoms with van der Waals surface area (Å²) in [5.41, 5.74) is 2.86. The van der Waals surface area contributed by atoms with E-state index in [1.54, 1.807) is 12.1 Å². The van der Waals surface area contributed by atoms with Gasteiger partial charge in [-0.05, 0) is 67.7 Å². The van der Waals surface area contributed by atoms with E-state index in [9.17, 15) is 14.0 Å². The molecule has 2 aromatic rings. The number of halogens is 1. The van der Waals surface area contributed by atoms with Gasteiger partial charge >= 0.3 is 6.09 Å². The highest BCUT2D eigenvalue weighted by Crippen LogP contribution is 2.29. The summed E-state index contributed by atoms with van der Waals surface area (Å²) in [4.78, 5) is 24.6. The number of rotatable bonds is 8. The Balaban J connectivity index is 1.34. The molecule has 0 aliphatic carbocycles. The molecule has 2 aliphatic rings. The van der Waals surface area contributed by atoms with Gasteiger partial charge < -0.3 is 20.7 Å². The highest BCUT2D eigenvalue weighted by molar-refractivity contribution is 5.90. The summed E-state index contributed by atoms with van der Waals surface area (Å²) in [5, 5.41) is 9.54. The number of carbonyl (C=O) groups excluding carboxylic acids is 2. The number of benzene rings is 2. The summed E-state index contributed by atoms with van der Waals surface area (Å²) in [7, 11) is 0. The van der Waals surface area contributed by atoms with Crippen molar-refractivity contribution in [2.75, 3.05) is 37.6 Å². The van der Waals surface area contributed by atoms with E-state index in [-0.39, 0.29) is 19.0 Å². The standard InChI is InChI=1S/C25H31FN4O3/c1-17(31)29-15-22-16-30(25(32)33-22)21-6-7-23(24(26)12-21)20-4-2-18(3-5-20)13-28-14-19-8-10-27-11-9-19/h2-7,12,19,22,27-28H,8-11,13-16H2,1H3,(H,29,31)/t22-/m0/s1. The fourth-order valence-electron chi connectivity index (χ4n) is 4.31. The van der Waals surface area contributed by atoms with E-state index < -0.39 is 18.0 Å². The summed E-state index contributed by atoms with van der Waals surface area (Å²) in [5.74, 6) is 0.137. The molecule has 176 valence electrons. The molecule has 0 bridgehead atoms. The van der Waals surface area contributed by atoms with Crippen LogP contribution in [0.1, 0.15) is 25.3 Å². The lowest BCUT2D eigenvalue weighted by molar-refractivity contribution is -0.119. The van der Waals surface area contributed by atoms with Crippen molar-refractivity contribution in [2.24, 2.45) is 5.92 Å². The van der Waals surface area contributed by atoms with Crippen LogP contribution in [0.4, 0.5) is 14.9 Å². The maximum absolute atomic E-state index is 14.9. The minimum atomic E-state index is -0.543. The van der Waals surface area contributed by atoms with Gasteiger partial charge in [-0.15, -0.1) is 0 Å². The van der Waals surface area contributed by atoms with E-state index in [2.05, 4.69) is 16.0 Å². The number of cyclic esters (lactones) is 1. The van der Waals surface area contributed by atoms with Crippen LogP contribution in [0.2, 0.25) is 0 Å². The number of hydrogen-bond donors (Lipinski definition) is 3. The van der Waals surface area contributed by atoms with Crippen LogP contribution in [0.5, 0.6) is 0 Å². The lowest BCUT2D eigenvalue weighted by atomic mass is 9.98. The van der Waals surface area contributed by atoms with Crippen LogP contribution in [0.25, 0.3) is 11.1 Å². The Morgan fingerprint density at radius 2 is 1.91 bits per heavy atom. The molecule has 33 heavy (non-hydrogen) atoms. The molecule has 2 saturated heterocycles. The Hall–Kier alpha value is -2.97. The van der Waals surface area contributed by atoms with Gasteiger partial charge in [-0.2, -0.15) is 0 Å². The molecule has 2 amide bonds. The second kappa shape index (κ2) is 10.8. The summed E-state index contributed by atoms with van der Waals surface area (Å²) < 4.78 is 20.2.